The average Bonchev–Trinajstić information content (AvgIpc) is 2.64. The van der Waals surface area contributed by atoms with Gasteiger partial charge in [-0.15, -0.1) is 11.6 Å². The standard InChI is InChI=1S/C23H28ClNO4/c1-2-3-20(27)25-18-6-4-17(5-7-18)19(26)13-29-21(28)22-9-15-8-16(10-22)12-23(24,11-15)14-22/h4-7,15-16H,2-3,8-14H2,1H3,(H,25,27)/t15-,16+,22?,23?. The van der Waals surface area contributed by atoms with E-state index in [1.807, 2.05) is 6.92 Å². The van der Waals surface area contributed by atoms with Gasteiger partial charge in [-0.1, -0.05) is 6.92 Å². The van der Waals surface area contributed by atoms with Crippen LogP contribution in [0.5, 0.6) is 0 Å². The second kappa shape index (κ2) is 7.75. The van der Waals surface area contributed by atoms with Gasteiger partial charge in [-0.3, -0.25) is 14.4 Å². The van der Waals surface area contributed by atoms with Gasteiger partial charge in [-0.2, -0.15) is 0 Å². The van der Waals surface area contributed by atoms with Gasteiger partial charge in [0.2, 0.25) is 5.91 Å². The number of esters is 1. The summed E-state index contributed by atoms with van der Waals surface area (Å²) in [6, 6.07) is 6.68. The number of benzene rings is 1. The topological polar surface area (TPSA) is 72.5 Å². The third kappa shape index (κ3) is 4.20. The molecule has 4 aliphatic carbocycles. The Morgan fingerprint density at radius 3 is 2.34 bits per heavy atom. The van der Waals surface area contributed by atoms with Crippen LogP contribution in [0.3, 0.4) is 0 Å². The number of alkyl halides is 1. The number of rotatable bonds is 7. The van der Waals surface area contributed by atoms with Crippen LogP contribution < -0.4 is 5.32 Å². The highest BCUT2D eigenvalue weighted by Gasteiger charge is 2.60. The Labute approximate surface area is 176 Å². The summed E-state index contributed by atoms with van der Waals surface area (Å²) in [5, 5.41) is 2.79. The van der Waals surface area contributed by atoms with Gasteiger partial charge in [0, 0.05) is 22.5 Å². The highest BCUT2D eigenvalue weighted by Crippen LogP contribution is 2.64. The maximum absolute atomic E-state index is 12.9. The molecule has 29 heavy (non-hydrogen) atoms. The Hall–Kier alpha value is -1.88. The normalized spacial score (nSPS) is 32.1. The first-order valence-electron chi connectivity index (χ1n) is 10.6. The van der Waals surface area contributed by atoms with Gasteiger partial charge in [-0.25, -0.2) is 0 Å². The molecule has 2 unspecified atom stereocenters. The van der Waals surface area contributed by atoms with E-state index >= 15 is 0 Å². The molecule has 0 aliphatic heterocycles. The molecule has 0 aromatic heterocycles. The maximum Gasteiger partial charge on any atom is 0.312 e. The molecule has 1 aromatic rings. The van der Waals surface area contributed by atoms with Crippen LogP contribution in [-0.2, 0) is 14.3 Å². The quantitative estimate of drug-likeness (QED) is 0.395. The molecule has 1 N–H and O–H groups in total. The van der Waals surface area contributed by atoms with E-state index in [-0.39, 0.29) is 29.1 Å². The van der Waals surface area contributed by atoms with Crippen molar-refractivity contribution in [1.82, 2.24) is 0 Å². The molecular formula is C23H28ClNO4. The summed E-state index contributed by atoms with van der Waals surface area (Å²) in [5.41, 5.74) is 0.614. The molecule has 4 aliphatic rings. The zero-order chi connectivity index (χ0) is 20.6. The molecule has 0 radical (unpaired) electrons. The first-order chi connectivity index (χ1) is 13.8. The Kier molecular flexibility index (Phi) is 5.45. The van der Waals surface area contributed by atoms with E-state index < -0.39 is 5.41 Å². The van der Waals surface area contributed by atoms with E-state index in [0.29, 0.717) is 35.9 Å². The Bertz CT molecular complexity index is 805. The molecule has 4 atom stereocenters. The molecule has 4 fully saturated rings. The van der Waals surface area contributed by atoms with Gasteiger partial charge < -0.3 is 10.1 Å². The second-order valence-corrected chi connectivity index (χ2v) is 10.1. The van der Waals surface area contributed by atoms with Crippen LogP contribution in [-0.4, -0.2) is 29.1 Å². The molecule has 0 spiro atoms. The number of Topliss-reactive ketones (excluding diaryl/α,β-unsaturated/α-hetero) is 1. The lowest BCUT2D eigenvalue weighted by molar-refractivity contribution is -0.168. The van der Waals surface area contributed by atoms with Crippen LogP contribution in [0.15, 0.2) is 24.3 Å². The number of carbonyl (C=O) groups excluding carboxylic acids is 3. The number of ether oxygens (including phenoxy) is 1. The van der Waals surface area contributed by atoms with Crippen molar-refractivity contribution in [2.45, 2.75) is 63.2 Å². The van der Waals surface area contributed by atoms with E-state index in [1.54, 1.807) is 24.3 Å². The van der Waals surface area contributed by atoms with E-state index in [9.17, 15) is 14.4 Å². The number of anilines is 1. The van der Waals surface area contributed by atoms with Crippen LogP contribution in [0.25, 0.3) is 0 Å². The van der Waals surface area contributed by atoms with Crippen LogP contribution in [0.1, 0.15) is 68.6 Å². The van der Waals surface area contributed by atoms with Crippen molar-refractivity contribution in [1.29, 1.82) is 0 Å². The van der Waals surface area contributed by atoms with E-state index in [0.717, 1.165) is 32.1 Å². The molecule has 0 saturated heterocycles. The van der Waals surface area contributed by atoms with Crippen LogP contribution in [0, 0.1) is 17.3 Å². The molecule has 156 valence electrons. The van der Waals surface area contributed by atoms with Gasteiger partial charge in [0.05, 0.1) is 5.41 Å². The van der Waals surface area contributed by atoms with Crippen molar-refractivity contribution in [2.75, 3.05) is 11.9 Å². The summed E-state index contributed by atoms with van der Waals surface area (Å²) in [4.78, 5) is 36.8. The van der Waals surface area contributed by atoms with Crippen molar-refractivity contribution in [3.63, 3.8) is 0 Å². The van der Waals surface area contributed by atoms with Gasteiger partial charge in [0.25, 0.3) is 0 Å². The van der Waals surface area contributed by atoms with Gasteiger partial charge in [-0.05, 0) is 81.0 Å². The van der Waals surface area contributed by atoms with Crippen LogP contribution in [0.2, 0.25) is 0 Å². The van der Waals surface area contributed by atoms with Crippen molar-refractivity contribution >= 4 is 34.9 Å². The first kappa shape index (κ1) is 20.4. The van der Waals surface area contributed by atoms with Crippen molar-refractivity contribution in [3.8, 4) is 0 Å². The molecule has 1 aromatic carbocycles. The maximum atomic E-state index is 12.9. The van der Waals surface area contributed by atoms with Crippen LogP contribution in [0.4, 0.5) is 5.69 Å². The number of halogens is 1. The largest absolute Gasteiger partial charge is 0.457 e. The molecule has 5 rings (SSSR count). The van der Waals surface area contributed by atoms with Crippen LogP contribution >= 0.6 is 11.6 Å². The lowest BCUT2D eigenvalue weighted by Crippen LogP contribution is -2.56. The lowest BCUT2D eigenvalue weighted by atomic mass is 9.49. The number of amides is 1. The molecule has 6 heteroatoms. The number of ketones is 1. The number of hydrogen-bond acceptors (Lipinski definition) is 4. The minimum Gasteiger partial charge on any atom is -0.457 e. The Morgan fingerprint density at radius 1 is 1.10 bits per heavy atom. The predicted molar refractivity (Wildman–Crippen MR) is 111 cm³/mol. The average molecular weight is 418 g/mol. The molecule has 0 heterocycles. The highest BCUT2D eigenvalue weighted by atomic mass is 35.5. The third-order valence-corrected chi connectivity index (χ3v) is 7.17. The van der Waals surface area contributed by atoms with Crippen molar-refractivity contribution in [3.05, 3.63) is 29.8 Å². The zero-order valence-electron chi connectivity index (χ0n) is 16.8. The monoisotopic (exact) mass is 417 g/mol. The third-order valence-electron chi connectivity index (χ3n) is 6.72. The first-order valence-corrected chi connectivity index (χ1v) is 11.0. The lowest BCUT2D eigenvalue weighted by Gasteiger charge is -2.58. The molecular weight excluding hydrogens is 390 g/mol. The summed E-state index contributed by atoms with van der Waals surface area (Å²) in [7, 11) is 0. The summed E-state index contributed by atoms with van der Waals surface area (Å²) in [6.45, 7) is 1.69. The molecule has 1 amide bonds. The fourth-order valence-corrected chi connectivity index (χ4v) is 6.64. The van der Waals surface area contributed by atoms with E-state index in [2.05, 4.69) is 5.32 Å². The minimum atomic E-state index is -0.500. The van der Waals surface area contributed by atoms with Gasteiger partial charge in [0.1, 0.15) is 0 Å². The summed E-state index contributed by atoms with van der Waals surface area (Å²) in [6.07, 6.45) is 6.78. The summed E-state index contributed by atoms with van der Waals surface area (Å²) in [5.74, 6) is 0.469. The smallest absolute Gasteiger partial charge is 0.312 e. The van der Waals surface area contributed by atoms with Crippen molar-refractivity contribution in [2.24, 2.45) is 17.3 Å². The Balaban J connectivity index is 1.34. The fourth-order valence-electron chi connectivity index (χ4n) is 5.95. The summed E-state index contributed by atoms with van der Waals surface area (Å²) < 4.78 is 5.50. The fraction of sp³-hybridized carbons (Fsp3) is 0.609. The van der Waals surface area contributed by atoms with Crippen molar-refractivity contribution < 1.29 is 19.1 Å². The number of nitrogens with one attached hydrogen (secondary N) is 1. The number of hydrogen-bond donors (Lipinski definition) is 1. The highest BCUT2D eigenvalue weighted by molar-refractivity contribution is 6.24. The molecule has 5 nitrogen and oxygen atoms in total. The van der Waals surface area contributed by atoms with E-state index in [4.69, 9.17) is 16.3 Å². The number of carbonyl (C=O) groups is 3. The predicted octanol–water partition coefficient (Wildman–Crippen LogP) is 4.73. The Morgan fingerprint density at radius 2 is 1.76 bits per heavy atom. The zero-order valence-corrected chi connectivity index (χ0v) is 17.6. The molecule has 4 bridgehead atoms. The SMILES string of the molecule is CCCC(=O)Nc1ccc(C(=O)COC(=O)C23C[C@@H]4C[C@@H](CC(Cl)(C4)C2)C3)cc1. The van der Waals surface area contributed by atoms with Gasteiger partial charge in [0.15, 0.2) is 12.4 Å². The van der Waals surface area contributed by atoms with Gasteiger partial charge >= 0.3 is 5.97 Å². The van der Waals surface area contributed by atoms with E-state index in [1.165, 1.54) is 6.42 Å². The molecule has 4 saturated carbocycles. The second-order valence-electron chi connectivity index (χ2n) is 9.27. The summed E-state index contributed by atoms with van der Waals surface area (Å²) >= 11 is 6.79. The minimum absolute atomic E-state index is 0.0480.